The average Bonchev–Trinajstić information content (AvgIpc) is 2.76. The van der Waals surface area contributed by atoms with Crippen LogP contribution in [-0.2, 0) is 5.41 Å². The van der Waals surface area contributed by atoms with Gasteiger partial charge in [-0.2, -0.15) is 0 Å². The van der Waals surface area contributed by atoms with Gasteiger partial charge in [0.25, 0.3) is 0 Å². The van der Waals surface area contributed by atoms with Gasteiger partial charge in [0.05, 0.1) is 6.04 Å². The largest absolute Gasteiger partial charge is 0.459 e. The SMILES string of the molecule is CCNC(CC)c1cc2cc(C)cc(C(C)(C)C)c2o1. The number of furan rings is 1. The molecule has 0 amide bonds. The molecule has 0 bridgehead atoms. The Labute approximate surface area is 122 Å². The molecular formula is C18H27NO. The van der Waals surface area contributed by atoms with Gasteiger partial charge in [0, 0.05) is 10.9 Å². The summed E-state index contributed by atoms with van der Waals surface area (Å²) in [5.41, 5.74) is 3.74. The molecule has 2 rings (SSSR count). The fourth-order valence-electron chi connectivity index (χ4n) is 2.74. The van der Waals surface area contributed by atoms with E-state index in [0.29, 0.717) is 6.04 Å². The fraction of sp³-hybridized carbons (Fsp3) is 0.556. The zero-order valence-corrected chi connectivity index (χ0v) is 13.6. The third kappa shape index (κ3) is 2.90. The van der Waals surface area contributed by atoms with Gasteiger partial charge in [0.2, 0.25) is 0 Å². The highest BCUT2D eigenvalue weighted by Gasteiger charge is 2.22. The highest BCUT2D eigenvalue weighted by atomic mass is 16.3. The van der Waals surface area contributed by atoms with Crippen LogP contribution in [0, 0.1) is 6.92 Å². The molecule has 2 aromatic rings. The Hall–Kier alpha value is -1.28. The molecule has 110 valence electrons. The molecule has 20 heavy (non-hydrogen) atoms. The molecule has 2 nitrogen and oxygen atoms in total. The maximum absolute atomic E-state index is 6.22. The van der Waals surface area contributed by atoms with Crippen LogP contribution in [0.2, 0.25) is 0 Å². The van der Waals surface area contributed by atoms with Crippen LogP contribution in [0.4, 0.5) is 0 Å². The molecule has 1 N–H and O–H groups in total. The second-order valence-electron chi connectivity index (χ2n) is 6.65. The predicted octanol–water partition coefficient (Wildman–Crippen LogP) is 5.10. The van der Waals surface area contributed by atoms with E-state index >= 15 is 0 Å². The molecule has 1 aromatic heterocycles. The lowest BCUT2D eigenvalue weighted by Gasteiger charge is -2.20. The van der Waals surface area contributed by atoms with Gasteiger partial charge < -0.3 is 9.73 Å². The lowest BCUT2D eigenvalue weighted by molar-refractivity contribution is 0.424. The third-order valence-electron chi connectivity index (χ3n) is 3.79. The minimum absolute atomic E-state index is 0.0965. The van der Waals surface area contributed by atoms with Crippen molar-refractivity contribution in [2.45, 2.75) is 59.4 Å². The topological polar surface area (TPSA) is 25.2 Å². The molecule has 0 saturated carbocycles. The van der Waals surface area contributed by atoms with Gasteiger partial charge in [-0.25, -0.2) is 0 Å². The lowest BCUT2D eigenvalue weighted by atomic mass is 9.85. The van der Waals surface area contributed by atoms with Crippen molar-refractivity contribution in [1.29, 1.82) is 0 Å². The molecule has 0 fully saturated rings. The molecule has 1 heterocycles. The molecule has 0 aliphatic rings. The maximum atomic E-state index is 6.22. The predicted molar refractivity (Wildman–Crippen MR) is 86.4 cm³/mol. The van der Waals surface area contributed by atoms with E-state index in [0.717, 1.165) is 24.3 Å². The smallest absolute Gasteiger partial charge is 0.138 e. The van der Waals surface area contributed by atoms with Crippen LogP contribution in [0.5, 0.6) is 0 Å². The van der Waals surface area contributed by atoms with E-state index in [1.54, 1.807) is 0 Å². The maximum Gasteiger partial charge on any atom is 0.138 e. The van der Waals surface area contributed by atoms with Crippen LogP contribution in [0.3, 0.4) is 0 Å². The number of nitrogens with one attached hydrogen (secondary N) is 1. The molecule has 0 saturated heterocycles. The number of fused-ring (bicyclic) bond motifs is 1. The molecule has 1 aromatic carbocycles. The van der Waals surface area contributed by atoms with Gasteiger partial charge in [0.1, 0.15) is 11.3 Å². The van der Waals surface area contributed by atoms with Gasteiger partial charge >= 0.3 is 0 Å². The second kappa shape index (κ2) is 5.61. The second-order valence-corrected chi connectivity index (χ2v) is 6.65. The molecule has 0 radical (unpaired) electrons. The van der Waals surface area contributed by atoms with Crippen molar-refractivity contribution >= 4 is 11.0 Å². The van der Waals surface area contributed by atoms with Crippen molar-refractivity contribution in [3.05, 3.63) is 35.1 Å². The summed E-state index contributed by atoms with van der Waals surface area (Å²) >= 11 is 0. The van der Waals surface area contributed by atoms with Crippen molar-refractivity contribution in [3.8, 4) is 0 Å². The lowest BCUT2D eigenvalue weighted by Crippen LogP contribution is -2.19. The minimum atomic E-state index is 0.0965. The van der Waals surface area contributed by atoms with Crippen molar-refractivity contribution in [1.82, 2.24) is 5.32 Å². The Bertz CT molecular complexity index is 589. The molecule has 0 spiro atoms. The van der Waals surface area contributed by atoms with E-state index in [4.69, 9.17) is 4.42 Å². The fourth-order valence-corrected chi connectivity index (χ4v) is 2.74. The summed E-state index contributed by atoms with van der Waals surface area (Å²) in [4.78, 5) is 0. The molecule has 1 atom stereocenters. The number of benzene rings is 1. The monoisotopic (exact) mass is 273 g/mol. The number of rotatable bonds is 4. The normalized spacial score (nSPS) is 13.9. The van der Waals surface area contributed by atoms with E-state index in [9.17, 15) is 0 Å². The summed E-state index contributed by atoms with van der Waals surface area (Å²) < 4.78 is 6.22. The Morgan fingerprint density at radius 3 is 2.40 bits per heavy atom. The van der Waals surface area contributed by atoms with Crippen molar-refractivity contribution in [3.63, 3.8) is 0 Å². The third-order valence-corrected chi connectivity index (χ3v) is 3.79. The summed E-state index contributed by atoms with van der Waals surface area (Å²) in [5.74, 6) is 1.06. The van der Waals surface area contributed by atoms with Crippen LogP contribution >= 0.6 is 0 Å². The van der Waals surface area contributed by atoms with Gasteiger partial charge in [-0.15, -0.1) is 0 Å². The summed E-state index contributed by atoms with van der Waals surface area (Å²) in [7, 11) is 0. The summed E-state index contributed by atoms with van der Waals surface area (Å²) in [6.07, 6.45) is 1.04. The highest BCUT2D eigenvalue weighted by Crippen LogP contribution is 2.35. The van der Waals surface area contributed by atoms with Gasteiger partial charge in [0.15, 0.2) is 0 Å². The van der Waals surface area contributed by atoms with E-state index in [1.165, 1.54) is 16.5 Å². The quantitative estimate of drug-likeness (QED) is 0.838. The first kappa shape index (κ1) is 15.1. The number of hydrogen-bond acceptors (Lipinski definition) is 2. The summed E-state index contributed by atoms with van der Waals surface area (Å²) in [6, 6.07) is 6.98. The van der Waals surface area contributed by atoms with Crippen molar-refractivity contribution in [2.24, 2.45) is 0 Å². The van der Waals surface area contributed by atoms with Crippen LogP contribution in [-0.4, -0.2) is 6.54 Å². The molecule has 1 unspecified atom stereocenters. The Kier molecular flexibility index (Phi) is 4.24. The number of hydrogen-bond donors (Lipinski definition) is 1. The highest BCUT2D eigenvalue weighted by molar-refractivity contribution is 5.83. The van der Waals surface area contributed by atoms with Crippen LogP contribution < -0.4 is 5.32 Å². The Morgan fingerprint density at radius 2 is 1.85 bits per heavy atom. The molecule has 2 heteroatoms. The van der Waals surface area contributed by atoms with Crippen molar-refractivity contribution in [2.75, 3.05) is 6.54 Å². The standard InChI is InChI=1S/C18H27NO/c1-7-15(19-8-2)16-11-13-9-12(3)10-14(17(13)20-16)18(4,5)6/h9-11,15,19H,7-8H2,1-6H3. The van der Waals surface area contributed by atoms with Crippen molar-refractivity contribution < 1.29 is 4.42 Å². The van der Waals surface area contributed by atoms with Crippen LogP contribution in [0.1, 0.15) is 64.0 Å². The number of aryl methyl sites for hydroxylation is 1. The zero-order valence-electron chi connectivity index (χ0n) is 13.6. The molecular weight excluding hydrogens is 246 g/mol. The minimum Gasteiger partial charge on any atom is -0.459 e. The zero-order chi connectivity index (χ0) is 14.9. The van der Waals surface area contributed by atoms with E-state index in [-0.39, 0.29) is 5.41 Å². The first-order chi connectivity index (χ1) is 9.36. The van der Waals surface area contributed by atoms with Crippen LogP contribution in [0.25, 0.3) is 11.0 Å². The van der Waals surface area contributed by atoms with Crippen LogP contribution in [0.15, 0.2) is 22.6 Å². The van der Waals surface area contributed by atoms with E-state index in [2.05, 4.69) is 65.1 Å². The van der Waals surface area contributed by atoms with Gasteiger partial charge in [-0.1, -0.05) is 40.7 Å². The Morgan fingerprint density at radius 1 is 1.15 bits per heavy atom. The summed E-state index contributed by atoms with van der Waals surface area (Å²) in [6.45, 7) is 14.2. The summed E-state index contributed by atoms with van der Waals surface area (Å²) in [5, 5.41) is 4.71. The molecule has 0 aliphatic heterocycles. The van der Waals surface area contributed by atoms with E-state index in [1.807, 2.05) is 0 Å². The molecule has 0 aliphatic carbocycles. The van der Waals surface area contributed by atoms with Gasteiger partial charge in [-0.3, -0.25) is 0 Å². The first-order valence-corrected chi connectivity index (χ1v) is 7.64. The average molecular weight is 273 g/mol. The first-order valence-electron chi connectivity index (χ1n) is 7.64. The van der Waals surface area contributed by atoms with E-state index < -0.39 is 0 Å². The van der Waals surface area contributed by atoms with Gasteiger partial charge in [-0.05, 0) is 43.0 Å². The Balaban J connectivity index is 2.58.